The maximum absolute atomic E-state index is 11.8. The van der Waals surface area contributed by atoms with Crippen LogP contribution in [0.1, 0.15) is 27.2 Å². The summed E-state index contributed by atoms with van der Waals surface area (Å²) in [6.45, 7) is 6.06. The van der Waals surface area contributed by atoms with Crippen LogP contribution in [0.3, 0.4) is 0 Å². The average molecular weight is 286 g/mol. The first kappa shape index (κ1) is 15.7. The molecule has 19 heavy (non-hydrogen) atoms. The number of amides is 2. The highest BCUT2D eigenvalue weighted by molar-refractivity contribution is 6.29. The van der Waals surface area contributed by atoms with Gasteiger partial charge in [-0.3, -0.25) is 0 Å². The van der Waals surface area contributed by atoms with E-state index in [1.807, 2.05) is 0 Å². The molecule has 1 aromatic heterocycles. The van der Waals surface area contributed by atoms with Crippen LogP contribution in [0.2, 0.25) is 5.15 Å². The average Bonchev–Trinajstić information content (AvgIpc) is 2.26. The zero-order valence-corrected chi connectivity index (χ0v) is 12.2. The third-order valence-electron chi connectivity index (χ3n) is 2.40. The summed E-state index contributed by atoms with van der Waals surface area (Å²) >= 11 is 5.73. The van der Waals surface area contributed by atoms with E-state index in [1.54, 1.807) is 12.1 Å². The fourth-order valence-electron chi connectivity index (χ4n) is 1.73. The van der Waals surface area contributed by atoms with E-state index < -0.39 is 0 Å². The van der Waals surface area contributed by atoms with Crippen molar-refractivity contribution in [3.05, 3.63) is 23.5 Å². The van der Waals surface area contributed by atoms with Gasteiger partial charge in [0.15, 0.2) is 0 Å². The minimum absolute atomic E-state index is 0.0284. The SMILES string of the molecule is CC(C)(C)CC(CO)NC(=O)Nc1ccnc(Cl)c1. The number of carbonyl (C=O) groups excluding carboxylic acids is 1. The molecule has 2 amide bonds. The van der Waals surface area contributed by atoms with Crippen LogP contribution in [0.5, 0.6) is 0 Å². The van der Waals surface area contributed by atoms with Crippen molar-refractivity contribution < 1.29 is 9.90 Å². The number of hydrogen-bond acceptors (Lipinski definition) is 3. The van der Waals surface area contributed by atoms with Gasteiger partial charge in [0.2, 0.25) is 0 Å². The fourth-order valence-corrected chi connectivity index (χ4v) is 1.91. The van der Waals surface area contributed by atoms with Crippen LogP contribution in [-0.2, 0) is 0 Å². The van der Waals surface area contributed by atoms with E-state index in [1.165, 1.54) is 6.20 Å². The minimum Gasteiger partial charge on any atom is -0.394 e. The van der Waals surface area contributed by atoms with Gasteiger partial charge in [-0.25, -0.2) is 9.78 Å². The molecule has 3 N–H and O–H groups in total. The molecule has 0 saturated heterocycles. The molecule has 1 aromatic rings. The highest BCUT2D eigenvalue weighted by atomic mass is 35.5. The van der Waals surface area contributed by atoms with Gasteiger partial charge in [0.1, 0.15) is 5.15 Å². The van der Waals surface area contributed by atoms with E-state index in [0.717, 1.165) is 0 Å². The van der Waals surface area contributed by atoms with Crippen LogP contribution >= 0.6 is 11.6 Å². The molecule has 6 heteroatoms. The highest BCUT2D eigenvalue weighted by Gasteiger charge is 2.19. The van der Waals surface area contributed by atoms with Gasteiger partial charge in [-0.05, 0) is 24.0 Å². The number of nitrogens with one attached hydrogen (secondary N) is 2. The van der Waals surface area contributed by atoms with Gasteiger partial charge in [0.05, 0.1) is 12.6 Å². The number of aliphatic hydroxyl groups excluding tert-OH is 1. The molecule has 0 aliphatic heterocycles. The predicted molar refractivity (Wildman–Crippen MR) is 76.3 cm³/mol. The maximum atomic E-state index is 11.8. The molecule has 0 spiro atoms. The Balaban J connectivity index is 2.54. The second-order valence-corrected chi connectivity index (χ2v) is 6.00. The molecule has 106 valence electrons. The van der Waals surface area contributed by atoms with Crippen molar-refractivity contribution in [1.29, 1.82) is 0 Å². The molecule has 0 fully saturated rings. The number of anilines is 1. The van der Waals surface area contributed by atoms with Crippen molar-refractivity contribution in [1.82, 2.24) is 10.3 Å². The molecule has 1 atom stereocenters. The summed E-state index contributed by atoms with van der Waals surface area (Å²) < 4.78 is 0. The first-order chi connectivity index (χ1) is 8.80. The van der Waals surface area contributed by atoms with Gasteiger partial charge >= 0.3 is 6.03 Å². The minimum atomic E-state index is -0.370. The Hall–Kier alpha value is -1.33. The number of carbonyl (C=O) groups is 1. The van der Waals surface area contributed by atoms with Crippen molar-refractivity contribution in [2.45, 2.75) is 33.2 Å². The second kappa shape index (κ2) is 6.73. The van der Waals surface area contributed by atoms with Gasteiger partial charge in [0, 0.05) is 11.9 Å². The van der Waals surface area contributed by atoms with E-state index in [-0.39, 0.29) is 24.1 Å². The third kappa shape index (κ3) is 6.40. The van der Waals surface area contributed by atoms with Gasteiger partial charge < -0.3 is 15.7 Å². The van der Waals surface area contributed by atoms with Crippen LogP contribution in [-0.4, -0.2) is 28.8 Å². The number of halogens is 1. The fraction of sp³-hybridized carbons (Fsp3) is 0.538. The summed E-state index contributed by atoms with van der Waals surface area (Å²) in [5.74, 6) is 0. The Morgan fingerprint density at radius 3 is 2.74 bits per heavy atom. The topological polar surface area (TPSA) is 74.2 Å². The number of urea groups is 1. The summed E-state index contributed by atoms with van der Waals surface area (Å²) in [7, 11) is 0. The van der Waals surface area contributed by atoms with E-state index in [2.05, 4.69) is 36.4 Å². The Kier molecular flexibility index (Phi) is 5.57. The number of rotatable bonds is 4. The number of hydrogen-bond donors (Lipinski definition) is 3. The number of aliphatic hydroxyl groups is 1. The molecule has 1 heterocycles. The lowest BCUT2D eigenvalue weighted by Gasteiger charge is -2.25. The van der Waals surface area contributed by atoms with Gasteiger partial charge in [-0.1, -0.05) is 32.4 Å². The molecule has 1 rings (SSSR count). The summed E-state index contributed by atoms with van der Waals surface area (Å²) in [6.07, 6.45) is 2.20. The number of nitrogens with zero attached hydrogens (tertiary/aromatic N) is 1. The molecule has 5 nitrogen and oxygen atoms in total. The van der Waals surface area contributed by atoms with E-state index in [4.69, 9.17) is 11.6 Å². The molecule has 0 saturated carbocycles. The molecular weight excluding hydrogens is 266 g/mol. The summed E-state index contributed by atoms with van der Waals surface area (Å²) in [5, 5.41) is 15.0. The first-order valence-corrected chi connectivity index (χ1v) is 6.48. The normalized spacial score (nSPS) is 12.9. The van der Waals surface area contributed by atoms with Crippen LogP contribution < -0.4 is 10.6 Å². The molecule has 1 unspecified atom stereocenters. The first-order valence-electron chi connectivity index (χ1n) is 6.10. The standard InChI is InChI=1S/C13H20ClN3O2/c1-13(2,3)7-10(8-18)17-12(19)16-9-4-5-15-11(14)6-9/h4-6,10,18H,7-8H2,1-3H3,(H2,15,16,17,19). The predicted octanol–water partition coefficient (Wildman–Crippen LogP) is 2.65. The van der Waals surface area contributed by atoms with Gasteiger partial charge in [-0.2, -0.15) is 0 Å². The molecule has 0 aromatic carbocycles. The van der Waals surface area contributed by atoms with Crippen LogP contribution in [0.25, 0.3) is 0 Å². The molecular formula is C13H20ClN3O2. The van der Waals surface area contributed by atoms with E-state index in [0.29, 0.717) is 17.3 Å². The van der Waals surface area contributed by atoms with Crippen molar-refractivity contribution in [3.8, 4) is 0 Å². The molecule has 0 radical (unpaired) electrons. The van der Waals surface area contributed by atoms with Crippen LogP contribution in [0.15, 0.2) is 18.3 Å². The van der Waals surface area contributed by atoms with E-state index in [9.17, 15) is 9.90 Å². The van der Waals surface area contributed by atoms with Crippen molar-refractivity contribution in [2.24, 2.45) is 5.41 Å². The molecule has 0 bridgehead atoms. The second-order valence-electron chi connectivity index (χ2n) is 5.61. The Bertz CT molecular complexity index is 432. The Morgan fingerprint density at radius 1 is 1.53 bits per heavy atom. The lowest BCUT2D eigenvalue weighted by Crippen LogP contribution is -2.42. The zero-order chi connectivity index (χ0) is 14.5. The smallest absolute Gasteiger partial charge is 0.319 e. The quantitative estimate of drug-likeness (QED) is 0.745. The van der Waals surface area contributed by atoms with E-state index >= 15 is 0 Å². The van der Waals surface area contributed by atoms with Crippen molar-refractivity contribution in [3.63, 3.8) is 0 Å². The highest BCUT2D eigenvalue weighted by Crippen LogP contribution is 2.20. The lowest BCUT2D eigenvalue weighted by atomic mass is 9.88. The van der Waals surface area contributed by atoms with Gasteiger partial charge in [0.25, 0.3) is 0 Å². The maximum Gasteiger partial charge on any atom is 0.319 e. The lowest BCUT2D eigenvalue weighted by molar-refractivity contribution is 0.196. The third-order valence-corrected chi connectivity index (χ3v) is 2.61. The number of aromatic nitrogens is 1. The van der Waals surface area contributed by atoms with Crippen LogP contribution in [0.4, 0.5) is 10.5 Å². The van der Waals surface area contributed by atoms with Crippen molar-refractivity contribution >= 4 is 23.3 Å². The van der Waals surface area contributed by atoms with Crippen LogP contribution in [0, 0.1) is 5.41 Å². The zero-order valence-electron chi connectivity index (χ0n) is 11.4. The Labute approximate surface area is 118 Å². The number of pyridine rings is 1. The Morgan fingerprint density at radius 2 is 2.21 bits per heavy atom. The molecule has 0 aliphatic carbocycles. The monoisotopic (exact) mass is 285 g/mol. The summed E-state index contributed by atoms with van der Waals surface area (Å²) in [4.78, 5) is 15.6. The largest absolute Gasteiger partial charge is 0.394 e. The molecule has 0 aliphatic rings. The summed E-state index contributed by atoms with van der Waals surface area (Å²) in [6, 6.07) is 2.55. The van der Waals surface area contributed by atoms with Crippen molar-refractivity contribution in [2.75, 3.05) is 11.9 Å². The van der Waals surface area contributed by atoms with Gasteiger partial charge in [-0.15, -0.1) is 0 Å². The summed E-state index contributed by atoms with van der Waals surface area (Å²) in [5.41, 5.74) is 0.589.